The first kappa shape index (κ1) is 29.2. The molecule has 1 N–H and O–H groups in total. The van der Waals surface area contributed by atoms with Crippen molar-refractivity contribution in [3.05, 3.63) is 120 Å². The van der Waals surface area contributed by atoms with E-state index in [1.165, 1.54) is 0 Å². The zero-order chi connectivity index (χ0) is 29.5. The second-order valence-electron chi connectivity index (χ2n) is 9.64. The molecule has 5 aromatic rings. The predicted octanol–water partition coefficient (Wildman–Crippen LogP) is 7.81. The fourth-order valence-electron chi connectivity index (χ4n) is 4.63. The van der Waals surface area contributed by atoms with Crippen molar-refractivity contribution in [2.75, 3.05) is 26.6 Å². The number of nitrogens with zero attached hydrogens (tertiary/aromatic N) is 3. The van der Waals surface area contributed by atoms with E-state index in [9.17, 15) is 4.79 Å². The molecule has 1 unspecified atom stereocenters. The summed E-state index contributed by atoms with van der Waals surface area (Å²) in [4.78, 5) is 25.7. The van der Waals surface area contributed by atoms with Crippen LogP contribution in [0, 0.1) is 6.92 Å². The summed E-state index contributed by atoms with van der Waals surface area (Å²) in [5.41, 5.74) is 3.69. The normalized spacial score (nSPS) is 11.5. The van der Waals surface area contributed by atoms with Crippen LogP contribution in [0.15, 0.2) is 106 Å². The molecule has 1 atom stereocenters. The van der Waals surface area contributed by atoms with Crippen molar-refractivity contribution in [1.82, 2.24) is 14.9 Å². The average molecular weight is 597 g/mol. The maximum Gasteiger partial charge on any atom is 0.254 e. The topological polar surface area (TPSA) is 76.6 Å². The van der Waals surface area contributed by atoms with Gasteiger partial charge in [-0.15, -0.1) is 0 Å². The Labute approximate surface area is 254 Å². The van der Waals surface area contributed by atoms with Crippen molar-refractivity contribution in [1.29, 1.82) is 0 Å². The number of pyridine rings is 1. The second kappa shape index (κ2) is 13.5. The number of amides is 1. The molecule has 0 spiro atoms. The molecule has 7 nitrogen and oxygen atoms in total. The van der Waals surface area contributed by atoms with Crippen LogP contribution in [0.25, 0.3) is 0 Å². The van der Waals surface area contributed by atoms with Gasteiger partial charge in [0, 0.05) is 23.7 Å². The van der Waals surface area contributed by atoms with Crippen LogP contribution in [0.5, 0.6) is 11.5 Å². The van der Waals surface area contributed by atoms with E-state index in [0.717, 1.165) is 36.7 Å². The molecule has 0 bridgehead atoms. The fraction of sp³-hybridized carbons (Fsp3) is 0.182. The number of carbonyl (C=O) groups is 1. The van der Waals surface area contributed by atoms with Crippen molar-refractivity contribution < 1.29 is 14.3 Å². The van der Waals surface area contributed by atoms with Gasteiger partial charge in [0.1, 0.15) is 5.82 Å². The number of methoxy groups -OCH3 is 2. The predicted molar refractivity (Wildman–Crippen MR) is 169 cm³/mol. The van der Waals surface area contributed by atoms with Crippen molar-refractivity contribution in [3.8, 4) is 11.5 Å². The van der Waals surface area contributed by atoms with Gasteiger partial charge in [-0.1, -0.05) is 71.6 Å². The number of anilines is 2. The number of hydrogen-bond donors (Lipinski definition) is 1. The van der Waals surface area contributed by atoms with Crippen molar-refractivity contribution in [2.45, 2.75) is 28.5 Å². The highest BCUT2D eigenvalue weighted by Crippen LogP contribution is 2.37. The molecule has 3 aromatic carbocycles. The average Bonchev–Trinajstić information content (AvgIpc) is 3.47. The number of likely N-dealkylation sites (N-methyl/N-ethyl adjacent to an activating group) is 1. The third-order valence-electron chi connectivity index (χ3n) is 6.89. The molecular formula is C33H32N4O3S2. The Kier molecular flexibility index (Phi) is 9.41. The van der Waals surface area contributed by atoms with E-state index in [-0.39, 0.29) is 11.9 Å². The van der Waals surface area contributed by atoms with Crippen molar-refractivity contribution in [2.24, 2.45) is 0 Å². The summed E-state index contributed by atoms with van der Waals surface area (Å²) < 4.78 is 12.1. The second-order valence-corrected chi connectivity index (χ2v) is 12.0. The number of nitrogens with one attached hydrogen (secondary N) is 1. The number of aromatic nitrogens is 2. The first-order chi connectivity index (χ1) is 20.4. The number of rotatable bonds is 11. The third-order valence-corrected chi connectivity index (χ3v) is 8.90. The molecule has 0 aliphatic heterocycles. The summed E-state index contributed by atoms with van der Waals surface area (Å²) in [6.45, 7) is 1.97. The van der Waals surface area contributed by atoms with Gasteiger partial charge in [-0.05, 0) is 66.4 Å². The van der Waals surface area contributed by atoms with Crippen molar-refractivity contribution >= 4 is 40.0 Å². The maximum atomic E-state index is 14.1. The van der Waals surface area contributed by atoms with Gasteiger partial charge < -0.3 is 19.7 Å². The van der Waals surface area contributed by atoms with E-state index in [1.54, 1.807) is 43.5 Å². The molecule has 0 saturated carbocycles. The third kappa shape index (κ3) is 6.92. The van der Waals surface area contributed by atoms with Crippen LogP contribution in [-0.2, 0) is 6.42 Å². The Balaban J connectivity index is 1.39. The van der Waals surface area contributed by atoms with E-state index in [4.69, 9.17) is 9.47 Å². The molecule has 214 valence electrons. The SMILES string of the molecule is COc1ccc(C(Cc2ccccc2)N(C)C(=O)c2cc(Sc3cnc(Nc4ccccn4)s3)ccc2C)cc1OC. The lowest BCUT2D eigenvalue weighted by Crippen LogP contribution is -2.33. The molecule has 0 aliphatic rings. The summed E-state index contributed by atoms with van der Waals surface area (Å²) >= 11 is 3.12. The van der Waals surface area contributed by atoms with Crippen LogP contribution >= 0.6 is 23.1 Å². The lowest BCUT2D eigenvalue weighted by molar-refractivity contribution is 0.0728. The maximum absolute atomic E-state index is 14.1. The highest BCUT2D eigenvalue weighted by molar-refractivity contribution is 8.01. The van der Waals surface area contributed by atoms with E-state index < -0.39 is 0 Å². The number of hydrogen-bond acceptors (Lipinski definition) is 8. The monoisotopic (exact) mass is 596 g/mol. The van der Waals surface area contributed by atoms with Crippen LogP contribution < -0.4 is 14.8 Å². The number of carbonyl (C=O) groups excluding carboxylic acids is 1. The Hall–Kier alpha value is -4.34. The minimum Gasteiger partial charge on any atom is -0.493 e. The van der Waals surface area contributed by atoms with Gasteiger partial charge in [-0.25, -0.2) is 9.97 Å². The molecular weight excluding hydrogens is 565 g/mol. The minimum atomic E-state index is -0.225. The van der Waals surface area contributed by atoms with Gasteiger partial charge in [-0.2, -0.15) is 0 Å². The highest BCUT2D eigenvalue weighted by atomic mass is 32.2. The van der Waals surface area contributed by atoms with E-state index in [2.05, 4.69) is 27.4 Å². The minimum absolute atomic E-state index is 0.0486. The van der Waals surface area contributed by atoms with Gasteiger partial charge in [-0.3, -0.25) is 4.79 Å². The Morgan fingerprint density at radius 2 is 1.74 bits per heavy atom. The van der Waals surface area contributed by atoms with Crippen LogP contribution in [0.4, 0.5) is 10.9 Å². The quantitative estimate of drug-likeness (QED) is 0.167. The number of thiazole rings is 1. The number of ether oxygens (including phenoxy) is 2. The molecule has 9 heteroatoms. The molecule has 5 rings (SSSR count). The van der Waals surface area contributed by atoms with E-state index >= 15 is 0 Å². The fourth-order valence-corrected chi connectivity index (χ4v) is 6.53. The van der Waals surface area contributed by atoms with Crippen molar-refractivity contribution in [3.63, 3.8) is 0 Å². The van der Waals surface area contributed by atoms with Gasteiger partial charge in [0.25, 0.3) is 5.91 Å². The zero-order valence-electron chi connectivity index (χ0n) is 23.9. The van der Waals surface area contributed by atoms with Crippen LogP contribution in [0.1, 0.15) is 33.1 Å². The lowest BCUT2D eigenvalue weighted by Gasteiger charge is -2.30. The molecule has 2 aromatic heterocycles. The number of aryl methyl sites for hydroxylation is 1. The molecule has 0 saturated heterocycles. The first-order valence-electron chi connectivity index (χ1n) is 13.4. The first-order valence-corrected chi connectivity index (χ1v) is 15.0. The summed E-state index contributed by atoms with van der Waals surface area (Å²) in [6.07, 6.45) is 4.23. The Bertz CT molecular complexity index is 1640. The lowest BCUT2D eigenvalue weighted by atomic mass is 9.96. The van der Waals surface area contributed by atoms with E-state index in [1.807, 2.05) is 97.9 Å². The van der Waals surface area contributed by atoms with Crippen LogP contribution in [0.2, 0.25) is 0 Å². The summed E-state index contributed by atoms with van der Waals surface area (Å²) in [5, 5.41) is 3.99. The summed E-state index contributed by atoms with van der Waals surface area (Å²) in [6, 6.07) is 27.5. The Morgan fingerprint density at radius 3 is 2.48 bits per heavy atom. The molecule has 42 heavy (non-hydrogen) atoms. The molecule has 1 amide bonds. The molecule has 0 aliphatic carbocycles. The summed E-state index contributed by atoms with van der Waals surface area (Å²) in [7, 11) is 5.10. The highest BCUT2D eigenvalue weighted by Gasteiger charge is 2.26. The standard InChI is InChI=1S/C33H32N4O3S2/c1-22-13-15-25(41-31-21-35-33(42-31)36-30-12-8-9-17-34-30)20-26(22)32(38)37(2)27(18-23-10-6-5-7-11-23)24-14-16-28(39-3)29(19-24)40-4/h5-17,19-21,27H,18H2,1-4H3,(H,34,35,36). The molecule has 0 fully saturated rings. The Morgan fingerprint density at radius 1 is 0.952 bits per heavy atom. The van der Waals surface area contributed by atoms with E-state index in [0.29, 0.717) is 23.5 Å². The van der Waals surface area contributed by atoms with Gasteiger partial charge in [0.15, 0.2) is 16.6 Å². The van der Waals surface area contributed by atoms with Crippen LogP contribution in [-0.4, -0.2) is 42.0 Å². The zero-order valence-corrected chi connectivity index (χ0v) is 25.5. The summed E-state index contributed by atoms with van der Waals surface area (Å²) in [5.74, 6) is 1.97. The van der Waals surface area contributed by atoms with Crippen LogP contribution in [0.3, 0.4) is 0 Å². The van der Waals surface area contributed by atoms with Gasteiger partial charge >= 0.3 is 0 Å². The molecule has 2 heterocycles. The smallest absolute Gasteiger partial charge is 0.254 e. The largest absolute Gasteiger partial charge is 0.493 e. The van der Waals surface area contributed by atoms with Gasteiger partial charge in [0.2, 0.25) is 0 Å². The van der Waals surface area contributed by atoms with Gasteiger partial charge in [0.05, 0.1) is 30.7 Å². The molecule has 0 radical (unpaired) electrons. The number of benzene rings is 3.